The van der Waals surface area contributed by atoms with Crippen molar-refractivity contribution in [1.29, 1.82) is 0 Å². The normalized spacial score (nSPS) is 12.1. The van der Waals surface area contributed by atoms with Crippen molar-refractivity contribution in [2.75, 3.05) is 6.54 Å². The van der Waals surface area contributed by atoms with Gasteiger partial charge in [0.2, 0.25) is 5.91 Å². The summed E-state index contributed by atoms with van der Waals surface area (Å²) in [6.07, 6.45) is 1.64. The molecule has 4 nitrogen and oxygen atoms in total. The van der Waals surface area contributed by atoms with Gasteiger partial charge < -0.3 is 14.8 Å². The third kappa shape index (κ3) is 4.24. The van der Waals surface area contributed by atoms with Crippen molar-refractivity contribution in [2.45, 2.75) is 25.9 Å². The quantitative estimate of drug-likeness (QED) is 0.849. The van der Waals surface area contributed by atoms with Crippen LogP contribution < -0.4 is 5.32 Å². The number of carbonyl (C=O) groups excluding carboxylic acids is 1. The number of rotatable bonds is 6. The summed E-state index contributed by atoms with van der Waals surface area (Å²) in [4.78, 5) is 11.8. The summed E-state index contributed by atoms with van der Waals surface area (Å²) in [5.41, 5.74) is 2.14. The van der Waals surface area contributed by atoms with Crippen molar-refractivity contribution in [2.24, 2.45) is 0 Å². The average molecular weight is 273 g/mol. The molecule has 106 valence electrons. The molecule has 2 aromatic rings. The van der Waals surface area contributed by atoms with Gasteiger partial charge in [0.05, 0.1) is 12.7 Å². The first-order valence-electron chi connectivity index (χ1n) is 6.69. The van der Waals surface area contributed by atoms with E-state index in [9.17, 15) is 9.90 Å². The SMILES string of the molecule is Cc1cccc(CC(=O)NCCC(O)c2ccco2)c1. The second-order valence-electron chi connectivity index (χ2n) is 4.84. The zero-order valence-corrected chi connectivity index (χ0v) is 11.5. The maximum absolute atomic E-state index is 11.8. The summed E-state index contributed by atoms with van der Waals surface area (Å²) in [6, 6.07) is 11.3. The monoisotopic (exact) mass is 273 g/mol. The number of nitrogens with one attached hydrogen (secondary N) is 1. The lowest BCUT2D eigenvalue weighted by Crippen LogP contribution is -2.27. The lowest BCUT2D eigenvalue weighted by Gasteiger charge is -2.09. The van der Waals surface area contributed by atoms with E-state index in [1.54, 1.807) is 12.1 Å². The third-order valence-electron chi connectivity index (χ3n) is 3.06. The van der Waals surface area contributed by atoms with Crippen molar-refractivity contribution < 1.29 is 14.3 Å². The standard InChI is InChI=1S/C16H19NO3/c1-12-4-2-5-13(10-12)11-16(19)17-8-7-14(18)15-6-3-9-20-15/h2-6,9-10,14,18H,7-8,11H2,1H3,(H,17,19). The molecule has 1 unspecified atom stereocenters. The number of aryl methyl sites for hydroxylation is 1. The van der Waals surface area contributed by atoms with E-state index < -0.39 is 6.10 Å². The molecule has 0 aliphatic carbocycles. The van der Waals surface area contributed by atoms with Crippen LogP contribution in [-0.2, 0) is 11.2 Å². The summed E-state index contributed by atoms with van der Waals surface area (Å²) < 4.78 is 5.10. The predicted octanol–water partition coefficient (Wildman–Crippen LogP) is 2.37. The first kappa shape index (κ1) is 14.3. The van der Waals surface area contributed by atoms with Crippen LogP contribution in [0.25, 0.3) is 0 Å². The molecule has 0 aliphatic heterocycles. The van der Waals surface area contributed by atoms with Gasteiger partial charge in [-0.3, -0.25) is 4.79 Å². The van der Waals surface area contributed by atoms with E-state index >= 15 is 0 Å². The Morgan fingerprint density at radius 2 is 2.20 bits per heavy atom. The highest BCUT2D eigenvalue weighted by atomic mass is 16.4. The molecule has 1 amide bonds. The fourth-order valence-electron chi connectivity index (χ4n) is 2.04. The topological polar surface area (TPSA) is 62.5 Å². The molecule has 0 aliphatic rings. The maximum atomic E-state index is 11.8. The average Bonchev–Trinajstić information content (AvgIpc) is 2.92. The molecule has 0 bridgehead atoms. The lowest BCUT2D eigenvalue weighted by molar-refractivity contribution is -0.120. The van der Waals surface area contributed by atoms with Gasteiger partial charge in [-0.15, -0.1) is 0 Å². The third-order valence-corrected chi connectivity index (χ3v) is 3.06. The van der Waals surface area contributed by atoms with Gasteiger partial charge in [0.15, 0.2) is 0 Å². The fraction of sp³-hybridized carbons (Fsp3) is 0.312. The molecule has 0 saturated heterocycles. The summed E-state index contributed by atoms with van der Waals surface area (Å²) in [7, 11) is 0. The smallest absolute Gasteiger partial charge is 0.224 e. The van der Waals surface area contributed by atoms with E-state index in [1.807, 2.05) is 31.2 Å². The van der Waals surface area contributed by atoms with Crippen molar-refractivity contribution in [1.82, 2.24) is 5.32 Å². The number of hydrogen-bond donors (Lipinski definition) is 2. The van der Waals surface area contributed by atoms with E-state index in [0.717, 1.165) is 11.1 Å². The molecule has 4 heteroatoms. The second-order valence-corrected chi connectivity index (χ2v) is 4.84. The Labute approximate surface area is 118 Å². The van der Waals surface area contributed by atoms with E-state index in [-0.39, 0.29) is 5.91 Å². The van der Waals surface area contributed by atoms with Gasteiger partial charge in [-0.25, -0.2) is 0 Å². The van der Waals surface area contributed by atoms with Crippen LogP contribution in [0.2, 0.25) is 0 Å². The van der Waals surface area contributed by atoms with Crippen molar-refractivity contribution in [3.8, 4) is 0 Å². The Bertz CT molecular complexity index is 549. The highest BCUT2D eigenvalue weighted by molar-refractivity contribution is 5.78. The number of furan rings is 1. The van der Waals surface area contributed by atoms with Crippen LogP contribution in [0.5, 0.6) is 0 Å². The molecule has 1 heterocycles. The van der Waals surface area contributed by atoms with Gasteiger partial charge in [-0.1, -0.05) is 29.8 Å². The number of hydrogen-bond acceptors (Lipinski definition) is 3. The molecule has 2 N–H and O–H groups in total. The Balaban J connectivity index is 1.73. The molecular weight excluding hydrogens is 254 g/mol. The highest BCUT2D eigenvalue weighted by Gasteiger charge is 2.10. The summed E-state index contributed by atoms with van der Waals surface area (Å²) in [5.74, 6) is 0.486. The van der Waals surface area contributed by atoms with Crippen LogP contribution in [0.3, 0.4) is 0 Å². The molecule has 2 rings (SSSR count). The van der Waals surface area contributed by atoms with Crippen LogP contribution >= 0.6 is 0 Å². The summed E-state index contributed by atoms with van der Waals surface area (Å²) >= 11 is 0. The van der Waals surface area contributed by atoms with E-state index in [4.69, 9.17) is 4.42 Å². The van der Waals surface area contributed by atoms with Gasteiger partial charge in [0.1, 0.15) is 11.9 Å². The van der Waals surface area contributed by atoms with Gasteiger partial charge in [-0.2, -0.15) is 0 Å². The highest BCUT2D eigenvalue weighted by Crippen LogP contribution is 2.15. The predicted molar refractivity (Wildman–Crippen MR) is 76.2 cm³/mol. The molecule has 0 fully saturated rings. The maximum Gasteiger partial charge on any atom is 0.224 e. The lowest BCUT2D eigenvalue weighted by atomic mass is 10.1. The van der Waals surface area contributed by atoms with Crippen LogP contribution in [0, 0.1) is 6.92 Å². The number of benzene rings is 1. The molecule has 1 atom stereocenters. The Hall–Kier alpha value is -2.07. The number of amides is 1. The Morgan fingerprint density at radius 1 is 1.35 bits per heavy atom. The van der Waals surface area contributed by atoms with Crippen molar-refractivity contribution in [3.05, 3.63) is 59.5 Å². The Morgan fingerprint density at radius 3 is 2.90 bits per heavy atom. The first-order valence-corrected chi connectivity index (χ1v) is 6.69. The van der Waals surface area contributed by atoms with Crippen LogP contribution in [0.15, 0.2) is 47.1 Å². The molecule has 0 saturated carbocycles. The Kier molecular flexibility index (Phi) is 4.96. The van der Waals surface area contributed by atoms with Gasteiger partial charge in [0.25, 0.3) is 0 Å². The van der Waals surface area contributed by atoms with Gasteiger partial charge >= 0.3 is 0 Å². The van der Waals surface area contributed by atoms with Crippen LogP contribution in [0.1, 0.15) is 29.4 Å². The molecule has 1 aromatic heterocycles. The van der Waals surface area contributed by atoms with Crippen LogP contribution in [0.4, 0.5) is 0 Å². The largest absolute Gasteiger partial charge is 0.467 e. The van der Waals surface area contributed by atoms with Crippen molar-refractivity contribution in [3.63, 3.8) is 0 Å². The fourth-order valence-corrected chi connectivity index (χ4v) is 2.04. The first-order chi connectivity index (χ1) is 9.65. The summed E-state index contributed by atoms with van der Waals surface area (Å²) in [6.45, 7) is 2.42. The minimum absolute atomic E-state index is 0.0396. The van der Waals surface area contributed by atoms with Crippen LogP contribution in [-0.4, -0.2) is 17.6 Å². The molecule has 0 radical (unpaired) electrons. The number of aliphatic hydroxyl groups excluding tert-OH is 1. The molecule has 0 spiro atoms. The molecular formula is C16H19NO3. The minimum Gasteiger partial charge on any atom is -0.467 e. The summed E-state index contributed by atoms with van der Waals surface area (Å²) in [5, 5.41) is 12.6. The van der Waals surface area contributed by atoms with E-state index in [1.165, 1.54) is 6.26 Å². The van der Waals surface area contributed by atoms with E-state index in [0.29, 0.717) is 25.1 Å². The van der Waals surface area contributed by atoms with Crippen molar-refractivity contribution >= 4 is 5.91 Å². The van der Waals surface area contributed by atoms with E-state index in [2.05, 4.69) is 5.32 Å². The zero-order chi connectivity index (χ0) is 14.4. The van der Waals surface area contributed by atoms with Gasteiger partial charge in [-0.05, 0) is 31.0 Å². The number of aliphatic hydroxyl groups is 1. The zero-order valence-electron chi connectivity index (χ0n) is 11.5. The molecule has 20 heavy (non-hydrogen) atoms. The second kappa shape index (κ2) is 6.91. The minimum atomic E-state index is -0.677. The van der Waals surface area contributed by atoms with Gasteiger partial charge in [0, 0.05) is 6.54 Å². The number of carbonyl (C=O) groups is 1. The molecule has 1 aromatic carbocycles.